The summed E-state index contributed by atoms with van der Waals surface area (Å²) in [5.41, 5.74) is 3.24. The van der Waals surface area contributed by atoms with Gasteiger partial charge < -0.3 is 10.4 Å². The van der Waals surface area contributed by atoms with Crippen LogP contribution in [0.1, 0.15) is 11.1 Å². The van der Waals surface area contributed by atoms with Gasteiger partial charge in [0.05, 0.1) is 0 Å². The monoisotopic (exact) mass is 229 g/mol. The van der Waals surface area contributed by atoms with Crippen molar-refractivity contribution < 1.29 is 5.11 Å². The standard InChI is InChI=1S/C13H15N3O/c17-6-5-11-1-3-13(4-2-11)16-9-12-7-14-10-15-8-12/h1-4,7-8,10,16-17H,5-6,9H2. The molecule has 0 saturated heterocycles. The van der Waals surface area contributed by atoms with Gasteiger partial charge in [-0.15, -0.1) is 0 Å². The lowest BCUT2D eigenvalue weighted by atomic mass is 10.1. The minimum atomic E-state index is 0.189. The molecule has 1 aromatic carbocycles. The fourth-order valence-corrected chi connectivity index (χ4v) is 1.54. The number of aliphatic hydroxyl groups is 1. The van der Waals surface area contributed by atoms with E-state index < -0.39 is 0 Å². The van der Waals surface area contributed by atoms with Gasteiger partial charge in [-0.3, -0.25) is 0 Å². The summed E-state index contributed by atoms with van der Waals surface area (Å²) in [6.07, 6.45) is 5.81. The van der Waals surface area contributed by atoms with Gasteiger partial charge >= 0.3 is 0 Å². The maximum atomic E-state index is 8.81. The van der Waals surface area contributed by atoms with E-state index in [1.165, 1.54) is 6.33 Å². The molecule has 4 nitrogen and oxygen atoms in total. The Balaban J connectivity index is 1.91. The first kappa shape index (κ1) is 11.5. The molecule has 0 aliphatic heterocycles. The molecule has 0 atom stereocenters. The molecule has 0 bridgehead atoms. The van der Waals surface area contributed by atoms with Gasteiger partial charge in [-0.1, -0.05) is 12.1 Å². The van der Waals surface area contributed by atoms with E-state index in [0.717, 1.165) is 16.8 Å². The van der Waals surface area contributed by atoms with Gasteiger partial charge in [0.1, 0.15) is 6.33 Å². The van der Waals surface area contributed by atoms with Gasteiger partial charge in [-0.25, -0.2) is 9.97 Å². The zero-order valence-corrected chi connectivity index (χ0v) is 9.50. The van der Waals surface area contributed by atoms with Crippen molar-refractivity contribution in [3.8, 4) is 0 Å². The second-order valence-electron chi connectivity index (χ2n) is 3.77. The minimum Gasteiger partial charge on any atom is -0.396 e. The van der Waals surface area contributed by atoms with Crippen LogP contribution in [-0.4, -0.2) is 21.7 Å². The zero-order valence-electron chi connectivity index (χ0n) is 9.50. The van der Waals surface area contributed by atoms with E-state index in [0.29, 0.717) is 13.0 Å². The smallest absolute Gasteiger partial charge is 0.115 e. The first-order chi connectivity index (χ1) is 8.38. The summed E-state index contributed by atoms with van der Waals surface area (Å²) in [6.45, 7) is 0.897. The van der Waals surface area contributed by atoms with E-state index in [1.54, 1.807) is 12.4 Å². The number of hydrogen-bond donors (Lipinski definition) is 2. The van der Waals surface area contributed by atoms with Crippen molar-refractivity contribution in [2.45, 2.75) is 13.0 Å². The Bertz CT molecular complexity index is 442. The number of hydrogen-bond acceptors (Lipinski definition) is 4. The third kappa shape index (κ3) is 3.53. The summed E-state index contributed by atoms with van der Waals surface area (Å²) in [4.78, 5) is 7.91. The van der Waals surface area contributed by atoms with Crippen molar-refractivity contribution in [3.05, 3.63) is 54.1 Å². The molecule has 17 heavy (non-hydrogen) atoms. The summed E-state index contributed by atoms with van der Waals surface area (Å²) in [5, 5.41) is 12.1. The molecule has 0 spiro atoms. The molecule has 88 valence electrons. The van der Waals surface area contributed by atoms with Crippen molar-refractivity contribution in [2.24, 2.45) is 0 Å². The van der Waals surface area contributed by atoms with E-state index in [9.17, 15) is 0 Å². The summed E-state index contributed by atoms with van der Waals surface area (Å²) in [7, 11) is 0. The summed E-state index contributed by atoms with van der Waals surface area (Å²) < 4.78 is 0. The molecular weight excluding hydrogens is 214 g/mol. The highest BCUT2D eigenvalue weighted by molar-refractivity contribution is 5.44. The quantitative estimate of drug-likeness (QED) is 0.818. The van der Waals surface area contributed by atoms with E-state index in [2.05, 4.69) is 15.3 Å². The van der Waals surface area contributed by atoms with Crippen LogP contribution < -0.4 is 5.32 Å². The van der Waals surface area contributed by atoms with Crippen LogP contribution >= 0.6 is 0 Å². The van der Waals surface area contributed by atoms with E-state index in [1.807, 2.05) is 24.3 Å². The molecule has 2 aromatic rings. The predicted octanol–water partition coefficient (Wildman–Crippen LogP) is 1.62. The van der Waals surface area contributed by atoms with Crippen LogP contribution in [0.2, 0.25) is 0 Å². The van der Waals surface area contributed by atoms with Crippen LogP contribution in [0.25, 0.3) is 0 Å². The average Bonchev–Trinajstić information content (AvgIpc) is 2.40. The van der Waals surface area contributed by atoms with Gasteiger partial charge in [-0.05, 0) is 24.1 Å². The van der Waals surface area contributed by atoms with Crippen LogP contribution in [-0.2, 0) is 13.0 Å². The van der Waals surface area contributed by atoms with Crippen LogP contribution in [0.4, 0.5) is 5.69 Å². The lowest BCUT2D eigenvalue weighted by Crippen LogP contribution is -2.00. The second kappa shape index (κ2) is 5.96. The third-order valence-electron chi connectivity index (χ3n) is 2.47. The van der Waals surface area contributed by atoms with Crippen molar-refractivity contribution >= 4 is 5.69 Å². The highest BCUT2D eigenvalue weighted by Gasteiger charge is 1.95. The van der Waals surface area contributed by atoms with Crippen LogP contribution in [0.15, 0.2) is 43.0 Å². The largest absolute Gasteiger partial charge is 0.396 e. The predicted molar refractivity (Wildman–Crippen MR) is 66.6 cm³/mol. The van der Waals surface area contributed by atoms with E-state index in [-0.39, 0.29) is 6.61 Å². The molecule has 1 heterocycles. The highest BCUT2D eigenvalue weighted by Crippen LogP contribution is 2.11. The normalized spacial score (nSPS) is 10.2. The van der Waals surface area contributed by atoms with Crippen LogP contribution in [0.3, 0.4) is 0 Å². The third-order valence-corrected chi connectivity index (χ3v) is 2.47. The lowest BCUT2D eigenvalue weighted by Gasteiger charge is -2.06. The number of nitrogens with one attached hydrogen (secondary N) is 1. The number of anilines is 1. The maximum absolute atomic E-state index is 8.81. The number of benzene rings is 1. The van der Waals surface area contributed by atoms with Crippen molar-refractivity contribution in [1.82, 2.24) is 9.97 Å². The molecule has 1 aromatic heterocycles. The van der Waals surface area contributed by atoms with Crippen molar-refractivity contribution in [2.75, 3.05) is 11.9 Å². The maximum Gasteiger partial charge on any atom is 0.115 e. The van der Waals surface area contributed by atoms with Gasteiger partial charge in [-0.2, -0.15) is 0 Å². The van der Waals surface area contributed by atoms with E-state index >= 15 is 0 Å². The molecule has 2 rings (SSSR count). The Morgan fingerprint density at radius 3 is 2.35 bits per heavy atom. The Kier molecular flexibility index (Phi) is 4.05. The molecule has 0 aliphatic carbocycles. The fraction of sp³-hybridized carbons (Fsp3) is 0.231. The number of aromatic nitrogens is 2. The Morgan fingerprint density at radius 1 is 1.00 bits per heavy atom. The SMILES string of the molecule is OCCc1ccc(NCc2cncnc2)cc1. The number of rotatable bonds is 5. The Hall–Kier alpha value is -1.94. The zero-order chi connectivity index (χ0) is 11.9. The molecule has 0 radical (unpaired) electrons. The summed E-state index contributed by atoms with van der Waals surface area (Å²) in [5.74, 6) is 0. The van der Waals surface area contributed by atoms with Gasteiger partial charge in [0.2, 0.25) is 0 Å². The van der Waals surface area contributed by atoms with Crippen LogP contribution in [0, 0.1) is 0 Å². The van der Waals surface area contributed by atoms with Gasteiger partial charge in [0.15, 0.2) is 0 Å². The molecule has 4 heteroatoms. The minimum absolute atomic E-state index is 0.189. The number of nitrogens with zero attached hydrogens (tertiary/aromatic N) is 2. The van der Waals surface area contributed by atoms with Crippen molar-refractivity contribution in [3.63, 3.8) is 0 Å². The lowest BCUT2D eigenvalue weighted by molar-refractivity contribution is 0.299. The van der Waals surface area contributed by atoms with Gasteiger partial charge in [0, 0.05) is 36.8 Å². The fourth-order valence-electron chi connectivity index (χ4n) is 1.54. The number of aliphatic hydroxyl groups excluding tert-OH is 1. The summed E-state index contributed by atoms with van der Waals surface area (Å²) >= 11 is 0. The Morgan fingerprint density at radius 2 is 1.71 bits per heavy atom. The first-order valence-corrected chi connectivity index (χ1v) is 5.56. The molecule has 0 aliphatic rings. The first-order valence-electron chi connectivity index (χ1n) is 5.56. The molecule has 0 unspecified atom stereocenters. The summed E-state index contributed by atoms with van der Waals surface area (Å²) in [6, 6.07) is 8.05. The highest BCUT2D eigenvalue weighted by atomic mass is 16.2. The molecule has 0 amide bonds. The molecular formula is C13H15N3O. The van der Waals surface area contributed by atoms with E-state index in [4.69, 9.17) is 5.11 Å². The van der Waals surface area contributed by atoms with Crippen LogP contribution in [0.5, 0.6) is 0 Å². The topological polar surface area (TPSA) is 58.0 Å². The Labute approximate surface area is 100 Å². The average molecular weight is 229 g/mol. The molecule has 2 N–H and O–H groups in total. The molecule has 0 fully saturated rings. The second-order valence-corrected chi connectivity index (χ2v) is 3.77. The van der Waals surface area contributed by atoms with Gasteiger partial charge in [0.25, 0.3) is 0 Å². The van der Waals surface area contributed by atoms with Crippen molar-refractivity contribution in [1.29, 1.82) is 0 Å². The molecule has 0 saturated carbocycles.